The van der Waals surface area contributed by atoms with Crippen LogP contribution in [0.2, 0.25) is 5.15 Å². The topological polar surface area (TPSA) is 39.2 Å². The summed E-state index contributed by atoms with van der Waals surface area (Å²) in [7, 11) is -2.42. The highest BCUT2D eigenvalue weighted by Crippen LogP contribution is 2.46. The second-order valence-corrected chi connectivity index (χ2v) is 6.75. The second-order valence-electron chi connectivity index (χ2n) is 3.21. The van der Waals surface area contributed by atoms with Gasteiger partial charge in [-0.1, -0.05) is 31.5 Å². The first-order valence-corrected chi connectivity index (χ1v) is 7.30. The Labute approximate surface area is 95.3 Å². The zero-order valence-corrected chi connectivity index (χ0v) is 10.6. The van der Waals surface area contributed by atoms with Crippen LogP contribution in [0.4, 0.5) is 0 Å². The highest BCUT2D eigenvalue weighted by molar-refractivity contribution is 7.58. The van der Waals surface area contributed by atoms with Crippen molar-refractivity contribution in [3.8, 4) is 0 Å². The van der Waals surface area contributed by atoms with Crippen LogP contribution < -0.4 is 0 Å². The van der Waals surface area contributed by atoms with Crippen LogP contribution in [0, 0.1) is 0 Å². The van der Waals surface area contributed by atoms with Crippen LogP contribution in [-0.2, 0) is 15.7 Å². The Hall–Kier alpha value is -0.370. The molecule has 0 aliphatic carbocycles. The van der Waals surface area contributed by atoms with Crippen LogP contribution in [0.3, 0.4) is 0 Å². The average Bonchev–Trinajstić information content (AvgIpc) is 2.28. The number of nitrogens with zero attached hydrogens (tertiary/aromatic N) is 1. The van der Waals surface area contributed by atoms with Gasteiger partial charge in [-0.25, -0.2) is 4.98 Å². The van der Waals surface area contributed by atoms with Crippen molar-refractivity contribution in [1.29, 1.82) is 0 Å². The van der Waals surface area contributed by atoms with Gasteiger partial charge in [0.05, 0.1) is 6.61 Å². The summed E-state index contributed by atoms with van der Waals surface area (Å²) in [6.45, 7) is 4.10. The molecule has 0 fully saturated rings. The van der Waals surface area contributed by atoms with Crippen LogP contribution >= 0.6 is 19.0 Å². The van der Waals surface area contributed by atoms with Crippen LogP contribution in [0.5, 0.6) is 0 Å². The predicted octanol–water partition coefficient (Wildman–Crippen LogP) is 3.57. The highest BCUT2D eigenvalue weighted by Gasteiger charge is 2.17. The molecular weight excluding hydrogens is 233 g/mol. The Kier molecular flexibility index (Phi) is 4.78. The molecule has 0 bridgehead atoms. The molecule has 1 aromatic rings. The van der Waals surface area contributed by atoms with Gasteiger partial charge in [-0.15, -0.1) is 0 Å². The largest absolute Gasteiger partial charge is 0.324 e. The first kappa shape index (κ1) is 12.7. The van der Waals surface area contributed by atoms with E-state index < -0.39 is 7.37 Å². The van der Waals surface area contributed by atoms with Gasteiger partial charge >= 0.3 is 0 Å². The second kappa shape index (κ2) is 5.64. The lowest BCUT2D eigenvalue weighted by molar-refractivity contribution is 0.303. The lowest BCUT2D eigenvalue weighted by Gasteiger charge is -2.14. The summed E-state index contributed by atoms with van der Waals surface area (Å²) in [5, 5.41) is 0.452. The molecule has 3 nitrogen and oxygen atoms in total. The van der Waals surface area contributed by atoms with Crippen molar-refractivity contribution in [3.05, 3.63) is 29.0 Å². The summed E-state index contributed by atoms with van der Waals surface area (Å²) < 4.78 is 17.3. The fourth-order valence-electron chi connectivity index (χ4n) is 1.09. The molecule has 0 aromatic carbocycles. The van der Waals surface area contributed by atoms with E-state index in [1.807, 2.05) is 19.9 Å². The summed E-state index contributed by atoms with van der Waals surface area (Å²) in [5.41, 5.74) is 0.890. The van der Waals surface area contributed by atoms with Crippen LogP contribution in [-0.4, -0.2) is 17.3 Å². The Morgan fingerprint density at radius 1 is 1.40 bits per heavy atom. The first-order valence-electron chi connectivity index (χ1n) is 4.92. The third-order valence-electron chi connectivity index (χ3n) is 2.22. The molecule has 0 radical (unpaired) electrons. The summed E-state index contributed by atoms with van der Waals surface area (Å²) in [6.07, 6.45) is 2.78. The zero-order valence-electron chi connectivity index (χ0n) is 8.94. The molecular formula is C10H15ClNO2P. The van der Waals surface area contributed by atoms with Crippen LogP contribution in [0.1, 0.15) is 19.4 Å². The van der Waals surface area contributed by atoms with E-state index in [0.717, 1.165) is 5.56 Å². The Balaban J connectivity index is 2.57. The first-order chi connectivity index (χ1) is 7.09. The molecule has 5 heteroatoms. The van der Waals surface area contributed by atoms with E-state index in [0.29, 0.717) is 24.1 Å². The lowest BCUT2D eigenvalue weighted by atomic mass is 10.3. The van der Waals surface area contributed by atoms with Crippen molar-refractivity contribution in [2.24, 2.45) is 0 Å². The molecule has 0 saturated heterocycles. The maximum Gasteiger partial charge on any atom is 0.202 e. The molecule has 1 heterocycles. The van der Waals surface area contributed by atoms with Crippen LogP contribution in [0.25, 0.3) is 0 Å². The highest BCUT2D eigenvalue weighted by atomic mass is 35.5. The Morgan fingerprint density at radius 3 is 2.53 bits per heavy atom. The van der Waals surface area contributed by atoms with Gasteiger partial charge in [0.2, 0.25) is 7.37 Å². The van der Waals surface area contributed by atoms with Crippen molar-refractivity contribution in [1.82, 2.24) is 4.98 Å². The lowest BCUT2D eigenvalue weighted by Crippen LogP contribution is -1.97. The number of hydrogen-bond acceptors (Lipinski definition) is 3. The van der Waals surface area contributed by atoms with E-state index in [2.05, 4.69) is 4.98 Å². The minimum atomic E-state index is -2.42. The molecule has 0 saturated carbocycles. The quantitative estimate of drug-likeness (QED) is 0.590. The van der Waals surface area contributed by atoms with Gasteiger partial charge < -0.3 is 4.52 Å². The van der Waals surface area contributed by atoms with Crippen molar-refractivity contribution in [2.45, 2.75) is 20.5 Å². The van der Waals surface area contributed by atoms with Gasteiger partial charge in [0, 0.05) is 18.5 Å². The monoisotopic (exact) mass is 247 g/mol. The molecule has 0 aliphatic heterocycles. The van der Waals surface area contributed by atoms with E-state index in [-0.39, 0.29) is 0 Å². The van der Waals surface area contributed by atoms with E-state index in [1.165, 1.54) is 0 Å². The molecule has 0 aliphatic rings. The van der Waals surface area contributed by atoms with Gasteiger partial charge in [-0.2, -0.15) is 0 Å². The molecule has 84 valence electrons. The summed E-state index contributed by atoms with van der Waals surface area (Å²) >= 11 is 5.65. The third-order valence-corrected chi connectivity index (χ3v) is 4.97. The number of pyridine rings is 1. The normalized spacial score (nSPS) is 11.7. The van der Waals surface area contributed by atoms with Gasteiger partial charge in [0.15, 0.2) is 0 Å². The molecule has 0 unspecified atom stereocenters. The molecule has 1 rings (SSSR count). The van der Waals surface area contributed by atoms with E-state index in [4.69, 9.17) is 16.1 Å². The number of aromatic nitrogens is 1. The minimum absolute atomic E-state index is 0.336. The summed E-state index contributed by atoms with van der Waals surface area (Å²) in [4.78, 5) is 3.93. The van der Waals surface area contributed by atoms with E-state index in [1.54, 1.807) is 12.3 Å². The van der Waals surface area contributed by atoms with Gasteiger partial charge in [0.1, 0.15) is 5.15 Å². The molecule has 0 amide bonds. The number of hydrogen-bond donors (Lipinski definition) is 0. The smallest absolute Gasteiger partial charge is 0.202 e. The molecule has 0 atom stereocenters. The van der Waals surface area contributed by atoms with E-state index in [9.17, 15) is 4.57 Å². The van der Waals surface area contributed by atoms with Crippen molar-refractivity contribution < 1.29 is 9.09 Å². The maximum atomic E-state index is 11.9. The van der Waals surface area contributed by atoms with Crippen molar-refractivity contribution in [2.75, 3.05) is 12.3 Å². The van der Waals surface area contributed by atoms with E-state index >= 15 is 0 Å². The molecule has 0 N–H and O–H groups in total. The van der Waals surface area contributed by atoms with Gasteiger partial charge in [-0.05, 0) is 11.6 Å². The predicted molar refractivity (Wildman–Crippen MR) is 62.7 cm³/mol. The number of halogens is 1. The van der Waals surface area contributed by atoms with Gasteiger partial charge in [0.25, 0.3) is 0 Å². The SMILES string of the molecule is CCP(=O)(CC)OCc1ccc(Cl)nc1. The molecule has 1 aromatic heterocycles. The minimum Gasteiger partial charge on any atom is -0.324 e. The standard InChI is InChI=1S/C10H15ClNO2P/c1-3-15(13,4-2)14-8-9-5-6-10(11)12-7-9/h5-7H,3-4,8H2,1-2H3. The fraction of sp³-hybridized carbons (Fsp3) is 0.500. The summed E-state index contributed by atoms with van der Waals surface area (Å²) in [6, 6.07) is 3.52. The zero-order chi connectivity index (χ0) is 11.3. The van der Waals surface area contributed by atoms with Gasteiger partial charge in [-0.3, -0.25) is 4.57 Å². The molecule has 15 heavy (non-hydrogen) atoms. The summed E-state index contributed by atoms with van der Waals surface area (Å²) in [5.74, 6) is 0. The third kappa shape index (κ3) is 3.94. The fourth-order valence-corrected chi connectivity index (χ4v) is 2.40. The molecule has 0 spiro atoms. The maximum absolute atomic E-state index is 11.9. The van der Waals surface area contributed by atoms with Crippen LogP contribution in [0.15, 0.2) is 18.3 Å². The Morgan fingerprint density at radius 2 is 2.07 bits per heavy atom. The van der Waals surface area contributed by atoms with Crippen molar-refractivity contribution in [3.63, 3.8) is 0 Å². The Bertz CT molecular complexity index is 345. The van der Waals surface area contributed by atoms with Crippen molar-refractivity contribution >= 4 is 19.0 Å². The number of rotatable bonds is 5. The average molecular weight is 248 g/mol.